The van der Waals surface area contributed by atoms with Crippen LogP contribution < -0.4 is 5.32 Å². The van der Waals surface area contributed by atoms with Crippen LogP contribution in [0.4, 0.5) is 0 Å². The molecule has 24 heavy (non-hydrogen) atoms. The van der Waals surface area contributed by atoms with Gasteiger partial charge in [0.05, 0.1) is 11.4 Å². The van der Waals surface area contributed by atoms with Crippen molar-refractivity contribution in [3.63, 3.8) is 0 Å². The van der Waals surface area contributed by atoms with Gasteiger partial charge >= 0.3 is 0 Å². The van der Waals surface area contributed by atoms with Crippen molar-refractivity contribution in [1.82, 2.24) is 10.3 Å². The third-order valence-corrected chi connectivity index (χ3v) is 4.07. The number of nitrogens with one attached hydrogen (secondary N) is 1. The molecule has 0 radical (unpaired) electrons. The van der Waals surface area contributed by atoms with Crippen molar-refractivity contribution in [2.24, 2.45) is 15.9 Å². The van der Waals surface area contributed by atoms with Crippen LogP contribution >= 0.6 is 0 Å². The Hall–Kier alpha value is -2.75. The molecule has 2 aliphatic rings. The van der Waals surface area contributed by atoms with E-state index in [0.29, 0.717) is 18.3 Å². The molecule has 0 saturated carbocycles. The van der Waals surface area contributed by atoms with E-state index in [2.05, 4.69) is 64.1 Å². The molecule has 0 spiro atoms. The molecule has 4 nitrogen and oxygen atoms in total. The highest BCUT2D eigenvalue weighted by Gasteiger charge is 2.19. The number of pyridine rings is 1. The van der Waals surface area contributed by atoms with Gasteiger partial charge in [-0.2, -0.15) is 0 Å². The fourth-order valence-corrected chi connectivity index (χ4v) is 2.81. The summed E-state index contributed by atoms with van der Waals surface area (Å²) in [5.74, 6) is 1.99. The first kappa shape index (κ1) is 16.1. The first-order chi connectivity index (χ1) is 11.7. The van der Waals surface area contributed by atoms with Gasteiger partial charge in [0.1, 0.15) is 5.84 Å². The first-order valence-corrected chi connectivity index (χ1v) is 8.29. The summed E-state index contributed by atoms with van der Waals surface area (Å²) in [4.78, 5) is 13.6. The summed E-state index contributed by atoms with van der Waals surface area (Å²) in [6.45, 7) is 8.66. The Kier molecular flexibility index (Phi) is 4.85. The summed E-state index contributed by atoms with van der Waals surface area (Å²) < 4.78 is 0. The van der Waals surface area contributed by atoms with E-state index in [-0.39, 0.29) is 0 Å². The van der Waals surface area contributed by atoms with Gasteiger partial charge in [0.25, 0.3) is 0 Å². The molecule has 1 N–H and O–H groups in total. The van der Waals surface area contributed by atoms with Gasteiger partial charge in [0, 0.05) is 18.3 Å². The summed E-state index contributed by atoms with van der Waals surface area (Å²) in [6, 6.07) is 4.12. The summed E-state index contributed by atoms with van der Waals surface area (Å²) in [6.07, 6.45) is 13.0. The molecule has 0 saturated heterocycles. The molecule has 0 bridgehead atoms. The number of rotatable bonds is 4. The van der Waals surface area contributed by atoms with Crippen molar-refractivity contribution in [2.75, 3.05) is 6.54 Å². The van der Waals surface area contributed by atoms with Crippen molar-refractivity contribution in [3.8, 4) is 0 Å². The molecule has 122 valence electrons. The maximum atomic E-state index is 4.64. The smallest absolute Gasteiger partial charge is 0.173 e. The lowest BCUT2D eigenvalue weighted by Crippen LogP contribution is -2.19. The Morgan fingerprint density at radius 1 is 1.42 bits per heavy atom. The molecule has 1 aliphatic carbocycles. The lowest BCUT2D eigenvalue weighted by atomic mass is 9.91. The molecule has 3 rings (SSSR count). The molecule has 2 heterocycles. The molecular weight excluding hydrogens is 296 g/mol. The molecule has 0 aromatic carbocycles. The Morgan fingerprint density at radius 2 is 2.29 bits per heavy atom. The Bertz CT molecular complexity index is 776. The van der Waals surface area contributed by atoms with E-state index >= 15 is 0 Å². The maximum Gasteiger partial charge on any atom is 0.173 e. The van der Waals surface area contributed by atoms with Gasteiger partial charge < -0.3 is 5.32 Å². The minimum absolute atomic E-state index is 0.501. The van der Waals surface area contributed by atoms with Crippen LogP contribution in [0, 0.1) is 5.92 Å². The van der Waals surface area contributed by atoms with Crippen LogP contribution in [-0.2, 0) is 0 Å². The zero-order valence-corrected chi connectivity index (χ0v) is 14.2. The number of allylic oxidation sites excluding steroid dienone is 6. The number of aliphatic imine (C=N–C) groups is 2. The molecule has 1 aromatic heterocycles. The van der Waals surface area contributed by atoms with Crippen LogP contribution in [0.5, 0.6) is 0 Å². The fraction of sp³-hybridized carbons (Fsp3) is 0.250. The zero-order valence-electron chi connectivity index (χ0n) is 14.2. The van der Waals surface area contributed by atoms with E-state index in [1.807, 2.05) is 19.2 Å². The molecule has 1 aliphatic heterocycles. The normalized spacial score (nSPS) is 23.2. The average molecular weight is 318 g/mol. The van der Waals surface area contributed by atoms with Crippen molar-refractivity contribution < 1.29 is 0 Å². The lowest BCUT2D eigenvalue weighted by Gasteiger charge is -2.16. The number of aromatic nitrogens is 1. The molecule has 1 aromatic rings. The predicted molar refractivity (Wildman–Crippen MR) is 101 cm³/mol. The number of hydrogen-bond donors (Lipinski definition) is 1. The fourth-order valence-electron chi connectivity index (χ4n) is 2.81. The minimum atomic E-state index is 0.501. The molecule has 1 atom stereocenters. The van der Waals surface area contributed by atoms with E-state index in [1.165, 1.54) is 5.57 Å². The van der Waals surface area contributed by atoms with E-state index in [9.17, 15) is 0 Å². The van der Waals surface area contributed by atoms with Crippen LogP contribution in [0.3, 0.4) is 0 Å². The lowest BCUT2D eigenvalue weighted by molar-refractivity contribution is 0.754. The van der Waals surface area contributed by atoms with Gasteiger partial charge in [0.2, 0.25) is 0 Å². The van der Waals surface area contributed by atoms with E-state index < -0.39 is 0 Å². The number of nitrogens with zero attached hydrogens (tertiary/aromatic N) is 3. The molecule has 1 unspecified atom stereocenters. The van der Waals surface area contributed by atoms with Gasteiger partial charge in [-0.25, -0.2) is 4.99 Å². The van der Waals surface area contributed by atoms with Gasteiger partial charge in [0.15, 0.2) is 5.84 Å². The van der Waals surface area contributed by atoms with Crippen LogP contribution in [0.1, 0.15) is 31.5 Å². The molecular formula is C20H22N4. The SMILES string of the molecule is C=C/C=C1/NC(c2ccc(C3=CC=CCC3C)nc2)=NC1=NCC. The second-order valence-electron chi connectivity index (χ2n) is 5.82. The van der Waals surface area contributed by atoms with Gasteiger partial charge in [-0.15, -0.1) is 0 Å². The second kappa shape index (κ2) is 7.21. The van der Waals surface area contributed by atoms with Crippen molar-refractivity contribution in [1.29, 1.82) is 0 Å². The number of amidine groups is 2. The zero-order chi connectivity index (χ0) is 16.9. The highest BCUT2D eigenvalue weighted by Crippen LogP contribution is 2.28. The van der Waals surface area contributed by atoms with Gasteiger partial charge in [-0.1, -0.05) is 37.8 Å². The first-order valence-electron chi connectivity index (χ1n) is 8.29. The quantitative estimate of drug-likeness (QED) is 0.915. The number of hydrogen-bond acceptors (Lipinski definition) is 3. The van der Waals surface area contributed by atoms with Crippen LogP contribution in [0.2, 0.25) is 0 Å². The van der Waals surface area contributed by atoms with E-state index in [0.717, 1.165) is 29.2 Å². The molecule has 0 fully saturated rings. The third-order valence-electron chi connectivity index (χ3n) is 4.07. The average Bonchev–Trinajstić information content (AvgIpc) is 2.99. The Balaban J connectivity index is 1.86. The summed E-state index contributed by atoms with van der Waals surface area (Å²) in [5, 5.41) is 3.29. The van der Waals surface area contributed by atoms with Gasteiger partial charge in [-0.3, -0.25) is 9.98 Å². The van der Waals surface area contributed by atoms with Crippen LogP contribution in [-0.4, -0.2) is 23.2 Å². The van der Waals surface area contributed by atoms with Crippen LogP contribution in [0.25, 0.3) is 5.57 Å². The van der Waals surface area contributed by atoms with Crippen molar-refractivity contribution in [2.45, 2.75) is 20.3 Å². The van der Waals surface area contributed by atoms with Gasteiger partial charge in [-0.05, 0) is 43.0 Å². The molecule has 0 amide bonds. The molecule has 4 heteroatoms. The predicted octanol–water partition coefficient (Wildman–Crippen LogP) is 3.90. The third kappa shape index (κ3) is 3.27. The van der Waals surface area contributed by atoms with Crippen LogP contribution in [0.15, 0.2) is 71.0 Å². The summed E-state index contributed by atoms with van der Waals surface area (Å²) in [7, 11) is 0. The summed E-state index contributed by atoms with van der Waals surface area (Å²) >= 11 is 0. The maximum absolute atomic E-state index is 4.64. The highest BCUT2D eigenvalue weighted by atomic mass is 15.1. The second-order valence-corrected chi connectivity index (χ2v) is 5.82. The summed E-state index contributed by atoms with van der Waals surface area (Å²) in [5.41, 5.74) is 4.14. The Morgan fingerprint density at radius 3 is 2.96 bits per heavy atom. The standard InChI is InChI=1S/C20H22N4/c1-4-8-18-20(21-5-2)24-19(23-18)15-11-12-17(22-13-15)16-10-7-6-9-14(16)3/h4,6-8,10-14H,1,5,9H2,2-3H3,(H,21,23,24)/b18-8+. The van der Waals surface area contributed by atoms with Crippen molar-refractivity contribution >= 4 is 17.2 Å². The topological polar surface area (TPSA) is 49.6 Å². The van der Waals surface area contributed by atoms with E-state index in [4.69, 9.17) is 0 Å². The van der Waals surface area contributed by atoms with E-state index in [1.54, 1.807) is 6.08 Å². The highest BCUT2D eigenvalue weighted by molar-refractivity contribution is 6.19. The van der Waals surface area contributed by atoms with Crippen molar-refractivity contribution in [3.05, 3.63) is 72.2 Å². The largest absolute Gasteiger partial charge is 0.337 e. The minimum Gasteiger partial charge on any atom is -0.337 e. The monoisotopic (exact) mass is 318 g/mol. The Labute approximate surface area is 143 Å².